The molecule has 0 amide bonds. The van der Waals surface area contributed by atoms with Crippen LogP contribution in [0.15, 0.2) is 6.07 Å². The molecule has 2 N–H and O–H groups in total. The third-order valence-corrected chi connectivity index (χ3v) is 2.64. The van der Waals surface area contributed by atoms with E-state index in [0.717, 1.165) is 30.4 Å². The second-order valence-electron chi connectivity index (χ2n) is 4.13. The lowest BCUT2D eigenvalue weighted by atomic mass is 10.3. The van der Waals surface area contributed by atoms with Crippen molar-refractivity contribution in [2.24, 2.45) is 0 Å². The van der Waals surface area contributed by atoms with Gasteiger partial charge < -0.3 is 20.1 Å². The van der Waals surface area contributed by atoms with Crippen LogP contribution >= 0.6 is 0 Å². The number of nitrogens with zero attached hydrogens (tertiary/aromatic N) is 2. The van der Waals surface area contributed by atoms with Crippen LogP contribution in [-0.4, -0.2) is 50.0 Å². The molecule has 1 aromatic heterocycles. The van der Waals surface area contributed by atoms with Crippen LogP contribution < -0.4 is 10.6 Å². The Bertz CT molecular complexity index is 374. The SMILES string of the molecule is CCNc1cc(NCC(COC)OC)nc(CC)n1. The van der Waals surface area contributed by atoms with Crippen molar-refractivity contribution in [3.05, 3.63) is 11.9 Å². The van der Waals surface area contributed by atoms with E-state index in [0.29, 0.717) is 13.2 Å². The third kappa shape index (κ3) is 5.40. The van der Waals surface area contributed by atoms with Crippen molar-refractivity contribution in [2.75, 3.05) is 44.5 Å². The lowest BCUT2D eigenvalue weighted by Crippen LogP contribution is -2.27. The number of nitrogens with one attached hydrogen (secondary N) is 2. The van der Waals surface area contributed by atoms with E-state index in [1.54, 1.807) is 14.2 Å². The van der Waals surface area contributed by atoms with Crippen LogP contribution in [-0.2, 0) is 15.9 Å². The number of hydrogen-bond donors (Lipinski definition) is 2. The maximum atomic E-state index is 5.30. The molecule has 0 saturated heterocycles. The van der Waals surface area contributed by atoms with Crippen LogP contribution in [0, 0.1) is 0 Å². The van der Waals surface area contributed by atoms with E-state index in [9.17, 15) is 0 Å². The maximum Gasteiger partial charge on any atom is 0.132 e. The van der Waals surface area contributed by atoms with Crippen molar-refractivity contribution < 1.29 is 9.47 Å². The van der Waals surface area contributed by atoms with Gasteiger partial charge in [0.2, 0.25) is 0 Å². The Balaban J connectivity index is 2.67. The summed E-state index contributed by atoms with van der Waals surface area (Å²) in [6.45, 7) is 6.12. The van der Waals surface area contributed by atoms with Crippen LogP contribution in [0.2, 0.25) is 0 Å². The molecule has 0 aliphatic carbocycles. The molecular formula is C13H24N4O2. The van der Waals surface area contributed by atoms with Crippen LogP contribution in [0.5, 0.6) is 0 Å². The average molecular weight is 268 g/mol. The number of ether oxygens (including phenoxy) is 2. The summed E-state index contributed by atoms with van der Waals surface area (Å²) >= 11 is 0. The first kappa shape index (κ1) is 15.7. The van der Waals surface area contributed by atoms with Crippen molar-refractivity contribution in [3.63, 3.8) is 0 Å². The van der Waals surface area contributed by atoms with Gasteiger partial charge in [0.25, 0.3) is 0 Å². The molecule has 0 aliphatic heterocycles. The average Bonchev–Trinajstić information content (AvgIpc) is 2.43. The second-order valence-corrected chi connectivity index (χ2v) is 4.13. The molecule has 1 atom stereocenters. The first-order valence-corrected chi connectivity index (χ1v) is 6.60. The van der Waals surface area contributed by atoms with Crippen molar-refractivity contribution >= 4 is 11.6 Å². The zero-order chi connectivity index (χ0) is 14.1. The lowest BCUT2D eigenvalue weighted by Gasteiger charge is -2.16. The van der Waals surface area contributed by atoms with Gasteiger partial charge in [-0.05, 0) is 6.92 Å². The first-order chi connectivity index (χ1) is 9.23. The third-order valence-electron chi connectivity index (χ3n) is 2.64. The van der Waals surface area contributed by atoms with Crippen molar-refractivity contribution in [2.45, 2.75) is 26.4 Å². The Labute approximate surface area is 114 Å². The number of rotatable bonds is 9. The number of hydrogen-bond acceptors (Lipinski definition) is 6. The predicted molar refractivity (Wildman–Crippen MR) is 76.7 cm³/mol. The highest BCUT2D eigenvalue weighted by molar-refractivity contribution is 5.47. The zero-order valence-corrected chi connectivity index (χ0v) is 12.2. The molecule has 6 nitrogen and oxygen atoms in total. The summed E-state index contributed by atoms with van der Waals surface area (Å²) in [6.07, 6.45) is 0.812. The van der Waals surface area contributed by atoms with Crippen molar-refractivity contribution in [3.8, 4) is 0 Å². The summed E-state index contributed by atoms with van der Waals surface area (Å²) in [5, 5.41) is 6.46. The highest BCUT2D eigenvalue weighted by Crippen LogP contribution is 2.12. The van der Waals surface area contributed by atoms with Crippen LogP contribution in [0.1, 0.15) is 19.7 Å². The lowest BCUT2D eigenvalue weighted by molar-refractivity contribution is 0.0365. The van der Waals surface area contributed by atoms with Gasteiger partial charge in [-0.15, -0.1) is 0 Å². The summed E-state index contributed by atoms with van der Waals surface area (Å²) in [4.78, 5) is 8.85. The van der Waals surface area contributed by atoms with Gasteiger partial charge in [-0.25, -0.2) is 9.97 Å². The smallest absolute Gasteiger partial charge is 0.132 e. The first-order valence-electron chi connectivity index (χ1n) is 6.60. The van der Waals surface area contributed by atoms with Crippen molar-refractivity contribution in [1.29, 1.82) is 0 Å². The summed E-state index contributed by atoms with van der Waals surface area (Å²) in [7, 11) is 3.34. The van der Waals surface area contributed by atoms with E-state index in [1.807, 2.05) is 19.9 Å². The van der Waals surface area contributed by atoms with Gasteiger partial charge in [-0.3, -0.25) is 0 Å². The quantitative estimate of drug-likeness (QED) is 0.708. The summed E-state index contributed by atoms with van der Waals surface area (Å²) < 4.78 is 10.4. The molecule has 0 bridgehead atoms. The van der Waals surface area contributed by atoms with Gasteiger partial charge in [0.1, 0.15) is 17.5 Å². The Kier molecular flexibility index (Phi) is 7.14. The molecule has 0 spiro atoms. The van der Waals surface area contributed by atoms with E-state index in [4.69, 9.17) is 9.47 Å². The van der Waals surface area contributed by atoms with Gasteiger partial charge >= 0.3 is 0 Å². The molecule has 1 aromatic rings. The molecule has 6 heteroatoms. The highest BCUT2D eigenvalue weighted by Gasteiger charge is 2.08. The van der Waals surface area contributed by atoms with E-state index >= 15 is 0 Å². The summed E-state index contributed by atoms with van der Waals surface area (Å²) in [6, 6.07) is 1.90. The van der Waals surface area contributed by atoms with Crippen LogP contribution in [0.4, 0.5) is 11.6 Å². The highest BCUT2D eigenvalue weighted by atomic mass is 16.5. The molecule has 19 heavy (non-hydrogen) atoms. The largest absolute Gasteiger partial charge is 0.382 e. The maximum absolute atomic E-state index is 5.30. The zero-order valence-electron chi connectivity index (χ0n) is 12.2. The van der Waals surface area contributed by atoms with E-state index < -0.39 is 0 Å². The number of aryl methyl sites for hydroxylation is 1. The predicted octanol–water partition coefficient (Wildman–Crippen LogP) is 1.54. The fourth-order valence-electron chi connectivity index (χ4n) is 1.63. The Hall–Kier alpha value is -1.40. The Morgan fingerprint density at radius 3 is 2.37 bits per heavy atom. The fourth-order valence-corrected chi connectivity index (χ4v) is 1.63. The molecular weight excluding hydrogens is 244 g/mol. The van der Waals surface area contributed by atoms with Gasteiger partial charge in [0.05, 0.1) is 12.7 Å². The molecule has 108 valence electrons. The molecule has 0 fully saturated rings. The van der Waals surface area contributed by atoms with Crippen molar-refractivity contribution in [1.82, 2.24) is 9.97 Å². The summed E-state index contributed by atoms with van der Waals surface area (Å²) in [5.41, 5.74) is 0. The molecule has 0 aromatic carbocycles. The van der Waals surface area contributed by atoms with E-state index in [-0.39, 0.29) is 6.10 Å². The van der Waals surface area contributed by atoms with Gasteiger partial charge in [-0.2, -0.15) is 0 Å². The molecule has 1 unspecified atom stereocenters. The van der Waals surface area contributed by atoms with Crippen LogP contribution in [0.3, 0.4) is 0 Å². The topological polar surface area (TPSA) is 68.3 Å². The van der Waals surface area contributed by atoms with Gasteiger partial charge in [0.15, 0.2) is 0 Å². The minimum absolute atomic E-state index is 0.00706. The van der Waals surface area contributed by atoms with E-state index in [2.05, 4.69) is 20.6 Å². The normalized spacial score (nSPS) is 12.2. The molecule has 0 aliphatic rings. The second kappa shape index (κ2) is 8.66. The number of methoxy groups -OCH3 is 2. The van der Waals surface area contributed by atoms with Gasteiger partial charge in [-0.1, -0.05) is 6.92 Å². The van der Waals surface area contributed by atoms with Crippen LogP contribution in [0.25, 0.3) is 0 Å². The standard InChI is InChI=1S/C13H24N4O2/c1-5-11-16-12(14-6-2)7-13(17-11)15-8-10(19-4)9-18-3/h7,10H,5-6,8-9H2,1-4H3,(H2,14,15,16,17). The van der Waals surface area contributed by atoms with Gasteiger partial charge in [0, 0.05) is 39.8 Å². The Morgan fingerprint density at radius 1 is 1.16 bits per heavy atom. The number of anilines is 2. The Morgan fingerprint density at radius 2 is 1.84 bits per heavy atom. The van der Waals surface area contributed by atoms with E-state index in [1.165, 1.54) is 0 Å². The molecule has 0 radical (unpaired) electrons. The summed E-state index contributed by atoms with van der Waals surface area (Å²) in [5.74, 6) is 2.47. The molecule has 1 heterocycles. The molecule has 1 rings (SSSR count). The molecule has 0 saturated carbocycles. The minimum Gasteiger partial charge on any atom is -0.382 e. The minimum atomic E-state index is 0.00706. The monoisotopic (exact) mass is 268 g/mol. The fraction of sp³-hybridized carbons (Fsp3) is 0.692. The number of aromatic nitrogens is 2.